The molecule has 0 spiro atoms. The molecule has 1 fully saturated rings. The summed E-state index contributed by atoms with van der Waals surface area (Å²) in [5.41, 5.74) is 0.0776. The molecule has 20 heavy (non-hydrogen) atoms. The number of amides is 1. The van der Waals surface area contributed by atoms with Gasteiger partial charge in [-0.05, 0) is 43.0 Å². The van der Waals surface area contributed by atoms with Crippen molar-refractivity contribution >= 4 is 5.91 Å². The summed E-state index contributed by atoms with van der Waals surface area (Å²) in [6, 6.07) is 3.53. The Kier molecular flexibility index (Phi) is 4.28. The number of piperidine rings is 1. The monoisotopic (exact) mass is 280 g/mol. The number of rotatable bonds is 3. The Morgan fingerprint density at radius 2 is 2.30 bits per heavy atom. The molecule has 1 aliphatic rings. The highest BCUT2D eigenvalue weighted by molar-refractivity contribution is 5.96. The van der Waals surface area contributed by atoms with Gasteiger partial charge in [-0.3, -0.25) is 4.79 Å². The summed E-state index contributed by atoms with van der Waals surface area (Å²) in [5, 5.41) is 15.8. The smallest absolute Gasteiger partial charge is 0.255 e. The summed E-state index contributed by atoms with van der Waals surface area (Å²) in [6.07, 6.45) is 2.23. The van der Waals surface area contributed by atoms with Crippen molar-refractivity contribution in [1.29, 1.82) is 0 Å². The molecule has 1 aromatic carbocycles. The van der Waals surface area contributed by atoms with Crippen LogP contribution in [0.4, 0.5) is 4.39 Å². The van der Waals surface area contributed by atoms with Crippen LogP contribution < -0.4 is 10.6 Å². The van der Waals surface area contributed by atoms with Gasteiger partial charge in [0.25, 0.3) is 5.91 Å². The normalized spacial score (nSPS) is 21.4. The Morgan fingerprint density at radius 3 is 3.00 bits per heavy atom. The first-order valence-corrected chi connectivity index (χ1v) is 6.90. The second kappa shape index (κ2) is 5.79. The molecule has 0 saturated carbocycles. The number of hydrogen-bond acceptors (Lipinski definition) is 3. The average molecular weight is 280 g/mol. The SMILES string of the molecule is CC1(C)CCCNC1CNC(=O)c1cc(F)ccc1O. The predicted octanol–water partition coefficient (Wildman–Crippen LogP) is 2.04. The zero-order valence-corrected chi connectivity index (χ0v) is 11.9. The highest BCUT2D eigenvalue weighted by Gasteiger charge is 2.32. The minimum atomic E-state index is -0.538. The Morgan fingerprint density at radius 1 is 1.55 bits per heavy atom. The van der Waals surface area contributed by atoms with E-state index >= 15 is 0 Å². The van der Waals surface area contributed by atoms with Gasteiger partial charge in [-0.2, -0.15) is 0 Å². The molecule has 110 valence electrons. The van der Waals surface area contributed by atoms with Gasteiger partial charge in [0.2, 0.25) is 0 Å². The van der Waals surface area contributed by atoms with Gasteiger partial charge in [0, 0.05) is 12.6 Å². The van der Waals surface area contributed by atoms with Gasteiger partial charge in [0.05, 0.1) is 5.56 Å². The lowest BCUT2D eigenvalue weighted by molar-refractivity contribution is 0.0925. The summed E-state index contributed by atoms with van der Waals surface area (Å²) >= 11 is 0. The maximum Gasteiger partial charge on any atom is 0.255 e. The number of carbonyl (C=O) groups excluding carboxylic acids is 1. The van der Waals surface area contributed by atoms with Crippen LogP contribution in [0.2, 0.25) is 0 Å². The summed E-state index contributed by atoms with van der Waals surface area (Å²) in [7, 11) is 0. The van der Waals surface area contributed by atoms with Gasteiger partial charge in [0.15, 0.2) is 0 Å². The molecule has 2 rings (SSSR count). The number of nitrogens with one attached hydrogen (secondary N) is 2. The lowest BCUT2D eigenvalue weighted by atomic mass is 9.77. The second-order valence-corrected chi connectivity index (χ2v) is 5.97. The molecular weight excluding hydrogens is 259 g/mol. The van der Waals surface area contributed by atoms with Crippen LogP contribution in [0.3, 0.4) is 0 Å². The molecule has 0 bridgehead atoms. The summed E-state index contributed by atoms with van der Waals surface area (Å²) in [6.45, 7) is 5.72. The third-order valence-corrected chi connectivity index (χ3v) is 4.00. The zero-order valence-electron chi connectivity index (χ0n) is 11.9. The molecule has 0 radical (unpaired) electrons. The lowest BCUT2D eigenvalue weighted by Crippen LogP contribution is -2.52. The Hall–Kier alpha value is -1.62. The molecule has 0 aromatic heterocycles. The summed E-state index contributed by atoms with van der Waals surface area (Å²) < 4.78 is 13.1. The van der Waals surface area contributed by atoms with Crippen LogP contribution in [0.1, 0.15) is 37.0 Å². The number of phenols is 1. The zero-order chi connectivity index (χ0) is 14.8. The van der Waals surface area contributed by atoms with E-state index in [4.69, 9.17) is 0 Å². The minimum Gasteiger partial charge on any atom is -0.507 e. The Labute approximate surface area is 118 Å². The number of aromatic hydroxyl groups is 1. The van der Waals surface area contributed by atoms with Crippen LogP contribution in [0.15, 0.2) is 18.2 Å². The molecule has 1 atom stereocenters. The number of phenolic OH excluding ortho intramolecular Hbond substituents is 1. The van der Waals surface area contributed by atoms with Crippen molar-refractivity contribution in [2.75, 3.05) is 13.1 Å². The third-order valence-electron chi connectivity index (χ3n) is 4.00. The van der Waals surface area contributed by atoms with Crippen molar-refractivity contribution in [2.45, 2.75) is 32.7 Å². The van der Waals surface area contributed by atoms with Gasteiger partial charge >= 0.3 is 0 Å². The van der Waals surface area contributed by atoms with Crippen molar-refractivity contribution in [3.05, 3.63) is 29.6 Å². The molecule has 1 unspecified atom stereocenters. The molecule has 1 saturated heterocycles. The average Bonchev–Trinajstić information content (AvgIpc) is 2.39. The fourth-order valence-electron chi connectivity index (χ4n) is 2.60. The molecule has 1 aromatic rings. The van der Waals surface area contributed by atoms with Crippen LogP contribution >= 0.6 is 0 Å². The van der Waals surface area contributed by atoms with E-state index in [0.29, 0.717) is 6.54 Å². The number of carbonyl (C=O) groups is 1. The largest absolute Gasteiger partial charge is 0.507 e. The molecule has 3 N–H and O–H groups in total. The highest BCUT2D eigenvalue weighted by Crippen LogP contribution is 2.29. The van der Waals surface area contributed by atoms with E-state index in [1.54, 1.807) is 0 Å². The quantitative estimate of drug-likeness (QED) is 0.794. The van der Waals surface area contributed by atoms with Crippen molar-refractivity contribution in [3.63, 3.8) is 0 Å². The van der Waals surface area contributed by atoms with E-state index in [0.717, 1.165) is 31.5 Å². The first-order valence-electron chi connectivity index (χ1n) is 6.90. The van der Waals surface area contributed by atoms with E-state index in [-0.39, 0.29) is 22.8 Å². The maximum atomic E-state index is 13.1. The summed E-state index contributed by atoms with van der Waals surface area (Å²) in [4.78, 5) is 12.0. The molecule has 1 aliphatic heterocycles. The van der Waals surface area contributed by atoms with Crippen molar-refractivity contribution in [1.82, 2.24) is 10.6 Å². The fourth-order valence-corrected chi connectivity index (χ4v) is 2.60. The van der Waals surface area contributed by atoms with Crippen molar-refractivity contribution < 1.29 is 14.3 Å². The molecule has 5 heteroatoms. The fraction of sp³-hybridized carbons (Fsp3) is 0.533. The van der Waals surface area contributed by atoms with Crippen LogP contribution in [0.5, 0.6) is 5.75 Å². The molecule has 0 aliphatic carbocycles. The molecule has 4 nitrogen and oxygen atoms in total. The topological polar surface area (TPSA) is 61.4 Å². The molecule has 1 amide bonds. The highest BCUT2D eigenvalue weighted by atomic mass is 19.1. The van der Waals surface area contributed by atoms with Crippen molar-refractivity contribution in [3.8, 4) is 5.75 Å². The minimum absolute atomic E-state index is 0.0291. The predicted molar refractivity (Wildman–Crippen MR) is 75.2 cm³/mol. The van der Waals surface area contributed by atoms with Gasteiger partial charge in [-0.15, -0.1) is 0 Å². The third kappa shape index (κ3) is 3.28. The maximum absolute atomic E-state index is 13.1. The lowest BCUT2D eigenvalue weighted by Gasteiger charge is -2.39. The van der Waals surface area contributed by atoms with Gasteiger partial charge in [-0.25, -0.2) is 4.39 Å². The van der Waals surface area contributed by atoms with Crippen LogP contribution in [-0.4, -0.2) is 30.1 Å². The van der Waals surface area contributed by atoms with E-state index < -0.39 is 11.7 Å². The Balaban J connectivity index is 2.00. The number of benzene rings is 1. The van der Waals surface area contributed by atoms with Gasteiger partial charge in [0.1, 0.15) is 11.6 Å². The van der Waals surface area contributed by atoms with E-state index in [9.17, 15) is 14.3 Å². The summed E-state index contributed by atoms with van der Waals surface area (Å²) in [5.74, 6) is -1.20. The number of halogens is 1. The first kappa shape index (κ1) is 14.8. The first-order chi connectivity index (χ1) is 9.40. The number of hydrogen-bond donors (Lipinski definition) is 3. The standard InChI is InChI=1S/C15H21FN2O2/c1-15(2)6-3-7-17-13(15)9-18-14(20)11-8-10(16)4-5-12(11)19/h4-5,8,13,17,19H,3,6-7,9H2,1-2H3,(H,18,20). The van der Waals surface area contributed by atoms with E-state index in [1.165, 1.54) is 6.07 Å². The van der Waals surface area contributed by atoms with Crippen LogP contribution in [-0.2, 0) is 0 Å². The molecular formula is C15H21FN2O2. The van der Waals surface area contributed by atoms with Crippen molar-refractivity contribution in [2.24, 2.45) is 5.41 Å². The van der Waals surface area contributed by atoms with E-state index in [1.807, 2.05) is 0 Å². The Bertz CT molecular complexity index is 503. The van der Waals surface area contributed by atoms with Crippen LogP contribution in [0.25, 0.3) is 0 Å². The molecule has 1 heterocycles. The van der Waals surface area contributed by atoms with E-state index in [2.05, 4.69) is 24.5 Å². The van der Waals surface area contributed by atoms with Gasteiger partial charge < -0.3 is 15.7 Å². The van der Waals surface area contributed by atoms with Gasteiger partial charge in [-0.1, -0.05) is 13.8 Å². The van der Waals surface area contributed by atoms with Crippen LogP contribution in [0, 0.1) is 11.2 Å². The second-order valence-electron chi connectivity index (χ2n) is 5.97.